The van der Waals surface area contributed by atoms with Crippen molar-refractivity contribution in [2.45, 2.75) is 19.5 Å². The number of nitrogens with zero attached hydrogens (tertiary/aromatic N) is 1. The Morgan fingerprint density at radius 1 is 1.44 bits per heavy atom. The van der Waals surface area contributed by atoms with Crippen LogP contribution < -0.4 is 0 Å². The number of carboxylic acid groups (broad SMARTS) is 1. The second kappa shape index (κ2) is 6.12. The van der Waals surface area contributed by atoms with Crippen LogP contribution >= 0.6 is 0 Å². The Kier molecular flexibility index (Phi) is 4.79. The third kappa shape index (κ3) is 3.55. The van der Waals surface area contributed by atoms with E-state index in [0.717, 1.165) is 5.56 Å². The molecule has 1 aromatic rings. The SMILES string of the molecule is COC[C@@H](C)N(Cc1ccccc1)C(=O)O. The molecule has 0 fully saturated rings. The number of amides is 1. The maximum Gasteiger partial charge on any atom is 0.407 e. The van der Waals surface area contributed by atoms with Crippen molar-refractivity contribution in [3.63, 3.8) is 0 Å². The summed E-state index contributed by atoms with van der Waals surface area (Å²) < 4.78 is 4.97. The second-order valence-corrected chi connectivity index (χ2v) is 3.70. The van der Waals surface area contributed by atoms with Crippen LogP contribution in [0.25, 0.3) is 0 Å². The molecule has 0 heterocycles. The van der Waals surface area contributed by atoms with Crippen molar-refractivity contribution in [2.75, 3.05) is 13.7 Å². The van der Waals surface area contributed by atoms with Crippen molar-refractivity contribution in [3.05, 3.63) is 35.9 Å². The average molecular weight is 223 g/mol. The Hall–Kier alpha value is -1.55. The van der Waals surface area contributed by atoms with Crippen LogP contribution in [0.15, 0.2) is 30.3 Å². The lowest BCUT2D eigenvalue weighted by atomic mass is 10.2. The fourth-order valence-corrected chi connectivity index (χ4v) is 1.52. The van der Waals surface area contributed by atoms with Gasteiger partial charge in [-0.05, 0) is 12.5 Å². The van der Waals surface area contributed by atoms with Crippen LogP contribution in [0.4, 0.5) is 4.79 Å². The number of rotatable bonds is 5. The monoisotopic (exact) mass is 223 g/mol. The van der Waals surface area contributed by atoms with E-state index in [2.05, 4.69) is 0 Å². The molecule has 1 N–H and O–H groups in total. The summed E-state index contributed by atoms with van der Waals surface area (Å²) in [7, 11) is 1.57. The molecule has 1 rings (SSSR count). The van der Waals surface area contributed by atoms with Gasteiger partial charge in [0.05, 0.1) is 12.6 Å². The first-order valence-corrected chi connectivity index (χ1v) is 5.17. The van der Waals surface area contributed by atoms with Crippen LogP contribution in [0.3, 0.4) is 0 Å². The van der Waals surface area contributed by atoms with Gasteiger partial charge in [-0.2, -0.15) is 0 Å². The third-order valence-electron chi connectivity index (χ3n) is 2.38. The highest BCUT2D eigenvalue weighted by Crippen LogP contribution is 2.08. The highest BCUT2D eigenvalue weighted by Gasteiger charge is 2.19. The minimum absolute atomic E-state index is 0.150. The predicted octanol–water partition coefficient (Wildman–Crippen LogP) is 2.20. The first kappa shape index (κ1) is 12.5. The molecular weight excluding hydrogens is 206 g/mol. The zero-order valence-electron chi connectivity index (χ0n) is 9.59. The molecule has 88 valence electrons. The zero-order valence-corrected chi connectivity index (χ0v) is 9.59. The number of hydrogen-bond acceptors (Lipinski definition) is 2. The first-order valence-electron chi connectivity index (χ1n) is 5.17. The summed E-state index contributed by atoms with van der Waals surface area (Å²) in [5.41, 5.74) is 0.979. The van der Waals surface area contributed by atoms with E-state index < -0.39 is 6.09 Å². The second-order valence-electron chi connectivity index (χ2n) is 3.70. The van der Waals surface area contributed by atoms with Crippen molar-refractivity contribution in [3.8, 4) is 0 Å². The number of hydrogen-bond donors (Lipinski definition) is 1. The number of ether oxygens (including phenoxy) is 1. The molecule has 1 atom stereocenters. The molecule has 0 aliphatic heterocycles. The summed E-state index contributed by atoms with van der Waals surface area (Å²) in [5.74, 6) is 0. The summed E-state index contributed by atoms with van der Waals surface area (Å²) >= 11 is 0. The molecule has 0 saturated heterocycles. The summed E-state index contributed by atoms with van der Waals surface area (Å²) in [4.78, 5) is 12.5. The number of benzene rings is 1. The van der Waals surface area contributed by atoms with Crippen molar-refractivity contribution in [1.82, 2.24) is 4.90 Å². The van der Waals surface area contributed by atoms with E-state index in [9.17, 15) is 4.79 Å². The zero-order chi connectivity index (χ0) is 12.0. The lowest BCUT2D eigenvalue weighted by molar-refractivity contribution is 0.0826. The molecule has 0 bridgehead atoms. The van der Waals surface area contributed by atoms with Crippen LogP contribution in [-0.4, -0.2) is 35.9 Å². The van der Waals surface area contributed by atoms with Crippen LogP contribution in [-0.2, 0) is 11.3 Å². The quantitative estimate of drug-likeness (QED) is 0.832. The minimum atomic E-state index is -0.923. The van der Waals surface area contributed by atoms with Crippen molar-refractivity contribution >= 4 is 6.09 Å². The van der Waals surface area contributed by atoms with E-state index >= 15 is 0 Å². The number of methoxy groups -OCH3 is 1. The fourth-order valence-electron chi connectivity index (χ4n) is 1.52. The Bertz CT molecular complexity index is 326. The molecule has 1 aromatic carbocycles. The molecule has 0 spiro atoms. The molecule has 16 heavy (non-hydrogen) atoms. The average Bonchev–Trinajstić information content (AvgIpc) is 2.27. The van der Waals surface area contributed by atoms with Crippen molar-refractivity contribution in [2.24, 2.45) is 0 Å². The smallest absolute Gasteiger partial charge is 0.407 e. The van der Waals surface area contributed by atoms with Crippen molar-refractivity contribution < 1.29 is 14.6 Å². The van der Waals surface area contributed by atoms with Gasteiger partial charge in [0.15, 0.2) is 0 Å². The third-order valence-corrected chi connectivity index (χ3v) is 2.38. The maximum atomic E-state index is 11.1. The van der Waals surface area contributed by atoms with E-state index in [1.54, 1.807) is 7.11 Å². The molecule has 0 aliphatic rings. The van der Waals surface area contributed by atoms with Gasteiger partial charge in [0, 0.05) is 13.7 Å². The molecule has 0 radical (unpaired) electrons. The summed E-state index contributed by atoms with van der Waals surface area (Å²) in [5, 5.41) is 9.10. The predicted molar refractivity (Wildman–Crippen MR) is 61.3 cm³/mol. The topological polar surface area (TPSA) is 49.8 Å². The Balaban J connectivity index is 2.69. The van der Waals surface area contributed by atoms with Gasteiger partial charge >= 0.3 is 6.09 Å². The Morgan fingerprint density at radius 3 is 2.56 bits per heavy atom. The van der Waals surface area contributed by atoms with E-state index in [1.807, 2.05) is 37.3 Å². The highest BCUT2D eigenvalue weighted by atomic mass is 16.5. The van der Waals surface area contributed by atoms with Crippen LogP contribution in [0, 0.1) is 0 Å². The lowest BCUT2D eigenvalue weighted by Gasteiger charge is -2.25. The van der Waals surface area contributed by atoms with Crippen LogP contribution in [0.2, 0.25) is 0 Å². The minimum Gasteiger partial charge on any atom is -0.465 e. The molecule has 4 nitrogen and oxygen atoms in total. The van der Waals surface area contributed by atoms with E-state index in [4.69, 9.17) is 9.84 Å². The molecule has 0 aliphatic carbocycles. The Morgan fingerprint density at radius 2 is 2.06 bits per heavy atom. The molecule has 4 heteroatoms. The van der Waals surface area contributed by atoms with Crippen LogP contribution in [0.5, 0.6) is 0 Å². The summed E-state index contributed by atoms with van der Waals surface area (Å²) in [6, 6.07) is 9.38. The van der Waals surface area contributed by atoms with E-state index in [-0.39, 0.29) is 6.04 Å². The molecular formula is C12H17NO3. The van der Waals surface area contributed by atoms with E-state index in [1.165, 1.54) is 4.90 Å². The van der Waals surface area contributed by atoms with E-state index in [0.29, 0.717) is 13.2 Å². The molecule has 0 aromatic heterocycles. The van der Waals surface area contributed by atoms with Gasteiger partial charge < -0.3 is 9.84 Å². The summed E-state index contributed by atoms with van der Waals surface area (Å²) in [6.45, 7) is 2.63. The lowest BCUT2D eigenvalue weighted by Crippen LogP contribution is -2.39. The highest BCUT2D eigenvalue weighted by molar-refractivity contribution is 5.65. The van der Waals surface area contributed by atoms with Gasteiger partial charge in [-0.1, -0.05) is 30.3 Å². The van der Waals surface area contributed by atoms with Gasteiger partial charge in [-0.15, -0.1) is 0 Å². The normalized spacial score (nSPS) is 12.1. The van der Waals surface area contributed by atoms with Gasteiger partial charge in [-0.25, -0.2) is 4.79 Å². The largest absolute Gasteiger partial charge is 0.465 e. The van der Waals surface area contributed by atoms with Crippen molar-refractivity contribution in [1.29, 1.82) is 0 Å². The fraction of sp³-hybridized carbons (Fsp3) is 0.417. The first-order chi connectivity index (χ1) is 7.65. The summed E-state index contributed by atoms with van der Waals surface area (Å²) in [6.07, 6.45) is -0.923. The van der Waals surface area contributed by atoms with Gasteiger partial charge in [0.2, 0.25) is 0 Å². The molecule has 1 amide bonds. The molecule has 0 unspecified atom stereocenters. The van der Waals surface area contributed by atoms with Gasteiger partial charge in [0.25, 0.3) is 0 Å². The van der Waals surface area contributed by atoms with Gasteiger partial charge in [-0.3, -0.25) is 4.90 Å². The molecule has 0 saturated carbocycles. The Labute approximate surface area is 95.5 Å². The van der Waals surface area contributed by atoms with Gasteiger partial charge in [0.1, 0.15) is 0 Å². The van der Waals surface area contributed by atoms with Crippen LogP contribution in [0.1, 0.15) is 12.5 Å². The standard InChI is InChI=1S/C12H17NO3/c1-10(9-16-2)13(12(14)15)8-11-6-4-3-5-7-11/h3-7,10H,8-9H2,1-2H3,(H,14,15)/t10-/m1/s1. The number of carbonyl (C=O) groups is 1. The maximum absolute atomic E-state index is 11.1.